The maximum absolute atomic E-state index is 13.0. The topological polar surface area (TPSA) is 286 Å². The van der Waals surface area contributed by atoms with E-state index in [0.717, 1.165) is 12.1 Å². The van der Waals surface area contributed by atoms with Gasteiger partial charge in [-0.3, -0.25) is 4.79 Å². The normalized spacial score (nSPS) is 26.9. The second kappa shape index (κ2) is 13.6. The van der Waals surface area contributed by atoms with Crippen LogP contribution in [0.1, 0.15) is 80.9 Å². The summed E-state index contributed by atoms with van der Waals surface area (Å²) in [6.07, 6.45) is -8.01. The monoisotopic (exact) mass is 872 g/mol. The molecular weight excluding hydrogens is 837 g/mol. The quantitative estimate of drug-likeness (QED) is 0.0633. The van der Waals surface area contributed by atoms with E-state index < -0.39 is 94.5 Å². The molecule has 11 rings (SSSR count). The number of fused-ring (bicyclic) bond motifs is 8. The molecule has 5 aliphatic heterocycles. The summed E-state index contributed by atoms with van der Waals surface area (Å²) < 4.78 is 31.7. The average Bonchev–Trinajstić information content (AvgIpc) is 3.24. The Balaban J connectivity index is 1.19. The van der Waals surface area contributed by atoms with Gasteiger partial charge in [0.2, 0.25) is 0 Å². The molecule has 0 radical (unpaired) electrons. The SMILES string of the molecule is O=C1CC2c3c(cc(O)c(C4c5c(O)cc6c(c5OC(c5ccc(O)cc5)C4O)C4c5c(O)cc(O)cc5OC(c5ccc(O)cc5)(O6)C4O)c3OC(c3ccc(O)c(O)c3)C2O)O1. The molecule has 11 N–H and O–H groups in total. The standard InChI is InChI=1S/C47H36O17/c48-20-6-1-17(2-7-20)42-41(58)38(35-27(54)15-29-33-23(14-32(56)60-29)40(57)43(62-44(33)35)18-3-10-24(51)25(52)11-18)36-28(55)16-31-37(45(36)61-42)39-34-26(53)12-22(50)13-30(34)63-47(64-31,46(39)59)19-4-8-21(49)9-5-19/h1-13,15-16,23,38-43,46,48-55,57-59H,14H2. The summed E-state index contributed by atoms with van der Waals surface area (Å²) >= 11 is 0. The minimum absolute atomic E-state index is 0.0155. The van der Waals surface area contributed by atoms with E-state index in [-0.39, 0.29) is 85.6 Å². The van der Waals surface area contributed by atoms with E-state index in [4.69, 9.17) is 23.7 Å². The number of esters is 1. The van der Waals surface area contributed by atoms with Gasteiger partial charge in [0.15, 0.2) is 23.7 Å². The first-order chi connectivity index (χ1) is 30.6. The lowest BCUT2D eigenvalue weighted by atomic mass is 9.71. The molecule has 9 unspecified atom stereocenters. The van der Waals surface area contributed by atoms with E-state index in [2.05, 4.69) is 0 Å². The predicted molar refractivity (Wildman–Crippen MR) is 216 cm³/mol. The van der Waals surface area contributed by atoms with Gasteiger partial charge in [0.1, 0.15) is 81.6 Å². The van der Waals surface area contributed by atoms with E-state index in [1.807, 2.05) is 0 Å². The van der Waals surface area contributed by atoms with Crippen molar-refractivity contribution in [1.29, 1.82) is 0 Å². The second-order valence-corrected chi connectivity index (χ2v) is 16.5. The van der Waals surface area contributed by atoms with Crippen LogP contribution in [0.15, 0.2) is 91.0 Å². The molecule has 0 saturated heterocycles. The van der Waals surface area contributed by atoms with Gasteiger partial charge in [0, 0.05) is 63.6 Å². The number of aromatic hydroxyl groups is 8. The van der Waals surface area contributed by atoms with Gasteiger partial charge in [-0.1, -0.05) is 18.2 Å². The summed E-state index contributed by atoms with van der Waals surface area (Å²) in [5, 5.41) is 125. The summed E-state index contributed by atoms with van der Waals surface area (Å²) in [7, 11) is 0. The van der Waals surface area contributed by atoms with Crippen LogP contribution >= 0.6 is 0 Å². The van der Waals surface area contributed by atoms with Crippen molar-refractivity contribution in [1.82, 2.24) is 0 Å². The number of ether oxygens (including phenoxy) is 5. The number of benzene rings is 6. The van der Waals surface area contributed by atoms with Crippen LogP contribution in [0, 0.1) is 0 Å². The zero-order valence-electron chi connectivity index (χ0n) is 32.9. The molecule has 5 heterocycles. The lowest BCUT2D eigenvalue weighted by molar-refractivity contribution is -0.219. The summed E-state index contributed by atoms with van der Waals surface area (Å²) in [5.74, 6) is -10.7. The maximum atomic E-state index is 13.0. The number of hydrogen-bond acceptors (Lipinski definition) is 17. The van der Waals surface area contributed by atoms with Gasteiger partial charge in [-0.05, 0) is 59.7 Å². The Hall–Kier alpha value is -7.73. The van der Waals surface area contributed by atoms with Crippen LogP contribution in [-0.4, -0.2) is 80.5 Å². The third-order valence-corrected chi connectivity index (χ3v) is 12.8. The van der Waals surface area contributed by atoms with Gasteiger partial charge in [-0.2, -0.15) is 0 Å². The second-order valence-electron chi connectivity index (χ2n) is 16.5. The first-order valence-electron chi connectivity index (χ1n) is 20.1. The van der Waals surface area contributed by atoms with Gasteiger partial charge in [-0.15, -0.1) is 0 Å². The van der Waals surface area contributed by atoms with E-state index >= 15 is 0 Å². The minimum Gasteiger partial charge on any atom is -0.508 e. The number of hydrogen-bond donors (Lipinski definition) is 11. The first kappa shape index (κ1) is 39.1. The molecular formula is C47H36O17. The molecule has 6 aromatic rings. The highest BCUT2D eigenvalue weighted by molar-refractivity contribution is 5.80. The average molecular weight is 873 g/mol. The van der Waals surface area contributed by atoms with Crippen molar-refractivity contribution >= 4 is 5.97 Å². The number of carbonyl (C=O) groups is 1. The third kappa shape index (κ3) is 5.50. The molecule has 326 valence electrons. The lowest BCUT2D eigenvalue weighted by Crippen LogP contribution is -2.57. The van der Waals surface area contributed by atoms with Gasteiger partial charge in [0.25, 0.3) is 0 Å². The summed E-state index contributed by atoms with van der Waals surface area (Å²) in [6, 6.07) is 19.5. The molecule has 0 amide bonds. The Bertz CT molecular complexity index is 2950. The Kier molecular flexibility index (Phi) is 8.34. The van der Waals surface area contributed by atoms with Crippen molar-refractivity contribution in [3.63, 3.8) is 0 Å². The molecule has 64 heavy (non-hydrogen) atoms. The van der Waals surface area contributed by atoms with Gasteiger partial charge >= 0.3 is 11.8 Å². The number of carbonyl (C=O) groups excluding carboxylic acids is 1. The van der Waals surface area contributed by atoms with Crippen LogP contribution < -0.4 is 23.7 Å². The van der Waals surface area contributed by atoms with Crippen molar-refractivity contribution in [3.05, 3.63) is 136 Å². The van der Waals surface area contributed by atoms with E-state index in [9.17, 15) is 61.0 Å². The van der Waals surface area contributed by atoms with Gasteiger partial charge < -0.3 is 79.9 Å². The van der Waals surface area contributed by atoms with Gasteiger partial charge in [-0.25, -0.2) is 0 Å². The van der Waals surface area contributed by atoms with Crippen molar-refractivity contribution in [3.8, 4) is 74.7 Å². The Morgan fingerprint density at radius 1 is 0.484 bits per heavy atom. The van der Waals surface area contributed by atoms with Crippen LogP contribution in [0.4, 0.5) is 0 Å². The Morgan fingerprint density at radius 3 is 1.70 bits per heavy atom. The first-order valence-corrected chi connectivity index (χ1v) is 20.1. The molecule has 2 bridgehead atoms. The van der Waals surface area contributed by atoms with Crippen LogP contribution in [0.2, 0.25) is 0 Å². The highest BCUT2D eigenvalue weighted by atomic mass is 16.7. The molecule has 0 fully saturated rings. The highest BCUT2D eigenvalue weighted by Gasteiger charge is 2.61. The zero-order chi connectivity index (χ0) is 44.7. The third-order valence-electron chi connectivity index (χ3n) is 12.8. The summed E-state index contributed by atoms with van der Waals surface area (Å²) in [5.41, 5.74) is 0.505. The molecule has 0 aliphatic carbocycles. The fourth-order valence-electron chi connectivity index (χ4n) is 10.0. The maximum Gasteiger partial charge on any atom is 0.311 e. The molecule has 6 aromatic carbocycles. The molecule has 0 spiro atoms. The number of aliphatic hydroxyl groups excluding tert-OH is 3. The number of phenolic OH excluding ortho intramolecular Hbond substituents is 8. The van der Waals surface area contributed by atoms with Crippen LogP contribution in [0.5, 0.6) is 74.7 Å². The number of phenols is 8. The molecule has 17 nitrogen and oxygen atoms in total. The van der Waals surface area contributed by atoms with E-state index in [1.54, 1.807) is 0 Å². The predicted octanol–water partition coefficient (Wildman–Crippen LogP) is 4.98. The molecule has 0 saturated carbocycles. The molecule has 9 atom stereocenters. The Labute approximate surface area is 360 Å². The Morgan fingerprint density at radius 2 is 1.05 bits per heavy atom. The van der Waals surface area contributed by atoms with Crippen molar-refractivity contribution in [2.45, 2.75) is 60.5 Å². The van der Waals surface area contributed by atoms with Crippen molar-refractivity contribution in [2.75, 3.05) is 0 Å². The number of rotatable bonds is 4. The van der Waals surface area contributed by atoms with Crippen molar-refractivity contribution in [2.24, 2.45) is 0 Å². The smallest absolute Gasteiger partial charge is 0.311 e. The van der Waals surface area contributed by atoms with Crippen LogP contribution in [0.25, 0.3) is 0 Å². The minimum atomic E-state index is -2.12. The van der Waals surface area contributed by atoms with Gasteiger partial charge in [0.05, 0.1) is 18.3 Å². The number of aliphatic hydroxyl groups is 3. The summed E-state index contributed by atoms with van der Waals surface area (Å²) in [4.78, 5) is 13.0. The van der Waals surface area contributed by atoms with Crippen LogP contribution in [-0.2, 0) is 10.6 Å². The largest absolute Gasteiger partial charge is 0.508 e. The molecule has 17 heteroatoms. The molecule has 0 aromatic heterocycles. The fourth-order valence-corrected chi connectivity index (χ4v) is 10.0. The molecule has 5 aliphatic rings. The van der Waals surface area contributed by atoms with Crippen molar-refractivity contribution < 1.29 is 84.7 Å². The fraction of sp³-hybridized carbons (Fsp3) is 0.213. The van der Waals surface area contributed by atoms with E-state index in [1.165, 1.54) is 78.9 Å². The summed E-state index contributed by atoms with van der Waals surface area (Å²) in [6.45, 7) is 0. The van der Waals surface area contributed by atoms with Crippen LogP contribution in [0.3, 0.4) is 0 Å². The zero-order valence-corrected chi connectivity index (χ0v) is 32.9. The highest BCUT2D eigenvalue weighted by Crippen LogP contribution is 2.66. The van der Waals surface area contributed by atoms with E-state index in [0.29, 0.717) is 5.56 Å². The lowest BCUT2D eigenvalue weighted by Gasteiger charge is -2.51.